The Balaban J connectivity index is 1.38. The van der Waals surface area contributed by atoms with E-state index in [2.05, 4.69) is 59.5 Å². The summed E-state index contributed by atoms with van der Waals surface area (Å²) in [6.07, 6.45) is 6.01. The highest BCUT2D eigenvalue weighted by molar-refractivity contribution is 7.89. The number of rotatable bonds is 7. The van der Waals surface area contributed by atoms with Gasteiger partial charge < -0.3 is 9.80 Å². The standard InChI is InChI=1S/C35H40ClN5O3S/c1-38(2)28-16-10-24(11-17-28)23-26-7-5-8-31-33(26)37-41(34(31)25-12-18-29(19-13-25)39(3)4)35(42)32-9-6-22-40(32)45(43,44)30-20-14-27(36)15-21-30/h10-21,23,31-32,34H,5-9,22H2,1-4H3/b26-23+/t31-,32+,34-/m1/s1. The van der Waals surface area contributed by atoms with Crippen LogP contribution in [0, 0.1) is 5.92 Å². The van der Waals surface area contributed by atoms with Crippen LogP contribution in [0.15, 0.2) is 88.4 Å². The zero-order valence-corrected chi connectivity index (χ0v) is 27.8. The Kier molecular flexibility index (Phi) is 8.78. The van der Waals surface area contributed by atoms with Gasteiger partial charge >= 0.3 is 0 Å². The molecule has 0 bridgehead atoms. The van der Waals surface area contributed by atoms with Crippen LogP contribution in [0.1, 0.15) is 49.3 Å². The Hall–Kier alpha value is -3.66. The number of carbonyl (C=O) groups is 1. The quantitative estimate of drug-likeness (QED) is 0.295. The van der Waals surface area contributed by atoms with Crippen molar-refractivity contribution in [2.45, 2.75) is 49.1 Å². The number of amides is 1. The van der Waals surface area contributed by atoms with E-state index in [0.29, 0.717) is 17.9 Å². The normalized spacial score (nSPS) is 22.8. The first-order valence-corrected chi connectivity index (χ1v) is 17.3. The van der Waals surface area contributed by atoms with E-state index >= 15 is 0 Å². The Labute approximate surface area is 271 Å². The molecule has 1 saturated carbocycles. The predicted octanol–water partition coefficient (Wildman–Crippen LogP) is 6.45. The van der Waals surface area contributed by atoms with Crippen molar-refractivity contribution in [2.75, 3.05) is 44.5 Å². The van der Waals surface area contributed by atoms with Crippen LogP contribution in [0.2, 0.25) is 5.02 Å². The smallest absolute Gasteiger partial charge is 0.261 e. The Morgan fingerprint density at radius 2 is 1.49 bits per heavy atom. The summed E-state index contributed by atoms with van der Waals surface area (Å²) in [5.41, 5.74) is 6.34. The number of halogens is 1. The molecule has 45 heavy (non-hydrogen) atoms. The lowest BCUT2D eigenvalue weighted by molar-refractivity contribution is -0.137. The summed E-state index contributed by atoms with van der Waals surface area (Å²) < 4.78 is 28.9. The molecule has 0 radical (unpaired) electrons. The fourth-order valence-corrected chi connectivity index (χ4v) is 8.50. The van der Waals surface area contributed by atoms with E-state index in [1.54, 1.807) is 17.1 Å². The van der Waals surface area contributed by atoms with Crippen LogP contribution in [0.25, 0.3) is 6.08 Å². The third-order valence-corrected chi connectivity index (χ3v) is 11.3. The molecular weight excluding hydrogens is 606 g/mol. The first kappa shape index (κ1) is 31.3. The molecule has 1 aliphatic carbocycles. The van der Waals surface area contributed by atoms with E-state index in [9.17, 15) is 13.2 Å². The predicted molar refractivity (Wildman–Crippen MR) is 182 cm³/mol. The van der Waals surface area contributed by atoms with Gasteiger partial charge in [-0.05, 0) is 103 Å². The van der Waals surface area contributed by atoms with Gasteiger partial charge in [0.15, 0.2) is 0 Å². The molecular formula is C35H40ClN5O3S. The minimum Gasteiger partial charge on any atom is -0.378 e. The van der Waals surface area contributed by atoms with Crippen molar-refractivity contribution < 1.29 is 13.2 Å². The van der Waals surface area contributed by atoms with Crippen molar-refractivity contribution in [3.8, 4) is 0 Å². The molecule has 1 saturated heterocycles. The number of nitrogens with zero attached hydrogens (tertiary/aromatic N) is 5. The lowest BCUT2D eigenvalue weighted by atomic mass is 9.77. The average Bonchev–Trinajstić information content (AvgIpc) is 3.68. The van der Waals surface area contributed by atoms with Crippen LogP contribution in [0.3, 0.4) is 0 Å². The zero-order valence-electron chi connectivity index (χ0n) is 26.2. The summed E-state index contributed by atoms with van der Waals surface area (Å²) in [6, 6.07) is 21.7. The molecule has 3 aromatic rings. The van der Waals surface area contributed by atoms with Crippen molar-refractivity contribution in [2.24, 2.45) is 11.0 Å². The topological polar surface area (TPSA) is 76.5 Å². The van der Waals surface area contributed by atoms with Crippen LogP contribution in [-0.4, -0.2) is 70.1 Å². The second-order valence-corrected chi connectivity index (χ2v) is 14.8. The van der Waals surface area contributed by atoms with Crippen molar-refractivity contribution >= 4 is 50.7 Å². The maximum atomic E-state index is 14.5. The van der Waals surface area contributed by atoms with Crippen molar-refractivity contribution in [3.05, 3.63) is 94.5 Å². The van der Waals surface area contributed by atoms with Crippen molar-refractivity contribution in [3.63, 3.8) is 0 Å². The number of sulfonamides is 1. The molecule has 0 spiro atoms. The van der Waals surface area contributed by atoms with Gasteiger partial charge in [0.2, 0.25) is 10.0 Å². The second kappa shape index (κ2) is 12.6. The van der Waals surface area contributed by atoms with Crippen LogP contribution in [0.5, 0.6) is 0 Å². The summed E-state index contributed by atoms with van der Waals surface area (Å²) >= 11 is 6.04. The number of fused-ring (bicyclic) bond motifs is 1. The van der Waals surface area contributed by atoms with Gasteiger partial charge in [-0.2, -0.15) is 9.41 Å². The largest absolute Gasteiger partial charge is 0.378 e. The van der Waals surface area contributed by atoms with Crippen LogP contribution >= 0.6 is 11.6 Å². The van der Waals surface area contributed by atoms with E-state index in [4.69, 9.17) is 16.7 Å². The molecule has 10 heteroatoms. The van der Waals surface area contributed by atoms with E-state index in [-0.39, 0.29) is 29.3 Å². The van der Waals surface area contributed by atoms with Gasteiger partial charge in [0.1, 0.15) is 6.04 Å². The molecule has 2 heterocycles. The summed E-state index contributed by atoms with van der Waals surface area (Å²) in [7, 11) is 4.14. The fourth-order valence-electron chi connectivity index (χ4n) is 6.72. The number of hydrogen-bond donors (Lipinski definition) is 0. The zero-order chi connectivity index (χ0) is 31.9. The van der Waals surface area contributed by atoms with Gasteiger partial charge in [0.25, 0.3) is 5.91 Å². The number of anilines is 2. The number of allylic oxidation sites excluding steroid dienone is 1. The average molecular weight is 646 g/mol. The highest BCUT2D eigenvalue weighted by Gasteiger charge is 2.48. The van der Waals surface area contributed by atoms with Crippen molar-refractivity contribution in [1.29, 1.82) is 0 Å². The summed E-state index contributed by atoms with van der Waals surface area (Å²) in [5.74, 6) is -0.258. The molecule has 0 N–H and O–H groups in total. The summed E-state index contributed by atoms with van der Waals surface area (Å²) in [6.45, 7) is 0.283. The van der Waals surface area contributed by atoms with E-state index in [0.717, 1.165) is 53.0 Å². The molecule has 3 aromatic carbocycles. The van der Waals surface area contributed by atoms with Crippen molar-refractivity contribution in [1.82, 2.24) is 9.31 Å². The maximum absolute atomic E-state index is 14.5. The van der Waals surface area contributed by atoms with E-state index in [1.807, 2.05) is 33.1 Å². The number of hydrazone groups is 1. The monoisotopic (exact) mass is 645 g/mol. The van der Waals surface area contributed by atoms with Crippen LogP contribution < -0.4 is 9.80 Å². The Morgan fingerprint density at radius 1 is 0.867 bits per heavy atom. The molecule has 3 atom stereocenters. The molecule has 236 valence electrons. The second-order valence-electron chi connectivity index (χ2n) is 12.5. The van der Waals surface area contributed by atoms with Gasteiger partial charge in [-0.25, -0.2) is 13.4 Å². The molecule has 6 rings (SSSR count). The van der Waals surface area contributed by atoms with E-state index < -0.39 is 16.1 Å². The van der Waals surface area contributed by atoms with Gasteiger partial charge in [0.05, 0.1) is 16.6 Å². The molecule has 2 fully saturated rings. The number of benzene rings is 3. The van der Waals surface area contributed by atoms with Gasteiger partial charge in [0, 0.05) is 57.1 Å². The lowest BCUT2D eigenvalue weighted by Crippen LogP contribution is -2.46. The molecule has 2 aliphatic heterocycles. The Morgan fingerprint density at radius 3 is 2.11 bits per heavy atom. The minimum absolute atomic E-state index is 0.0166. The van der Waals surface area contributed by atoms with Gasteiger partial charge in [-0.1, -0.05) is 35.9 Å². The lowest BCUT2D eigenvalue weighted by Gasteiger charge is -2.32. The Bertz CT molecular complexity index is 1720. The minimum atomic E-state index is -3.91. The molecule has 8 nitrogen and oxygen atoms in total. The van der Waals surface area contributed by atoms with Gasteiger partial charge in [-0.3, -0.25) is 4.79 Å². The SMILES string of the molecule is CN(C)c1ccc(/C=C2\CCC[C@@H]3C2=NN(C(=O)[C@@H]2CCCN2S(=O)(=O)c2ccc(Cl)cc2)[C@@H]3c2ccc(N(C)C)cc2)cc1. The third-order valence-electron chi connectivity index (χ3n) is 9.14. The highest BCUT2D eigenvalue weighted by atomic mass is 35.5. The van der Waals surface area contributed by atoms with Gasteiger partial charge in [-0.15, -0.1) is 0 Å². The summed E-state index contributed by atoms with van der Waals surface area (Å²) in [5, 5.41) is 7.14. The fraction of sp³-hybridized carbons (Fsp3) is 0.371. The van der Waals surface area contributed by atoms with Crippen LogP contribution in [0.4, 0.5) is 11.4 Å². The first-order valence-electron chi connectivity index (χ1n) is 15.5. The summed E-state index contributed by atoms with van der Waals surface area (Å²) in [4.78, 5) is 18.8. The first-order chi connectivity index (χ1) is 21.5. The highest BCUT2D eigenvalue weighted by Crippen LogP contribution is 2.46. The maximum Gasteiger partial charge on any atom is 0.261 e. The molecule has 3 aliphatic rings. The molecule has 0 unspecified atom stereocenters. The van der Waals surface area contributed by atoms with Crippen LogP contribution in [-0.2, 0) is 14.8 Å². The van der Waals surface area contributed by atoms with E-state index in [1.165, 1.54) is 16.4 Å². The molecule has 1 amide bonds. The third kappa shape index (κ3) is 6.13. The molecule has 0 aromatic heterocycles. The number of carbonyl (C=O) groups excluding carboxylic acids is 1. The number of hydrogen-bond acceptors (Lipinski definition) is 6.